The predicted octanol–water partition coefficient (Wildman–Crippen LogP) is 9.15. The molecule has 3 aromatic rings. The molecule has 3 aromatic carbocycles. The zero-order valence-electron chi connectivity index (χ0n) is 28.3. The summed E-state index contributed by atoms with van der Waals surface area (Å²) < 4.78 is 50.8. The van der Waals surface area contributed by atoms with Crippen LogP contribution in [0.1, 0.15) is 121 Å². The molecule has 0 saturated carbocycles. The zero-order chi connectivity index (χ0) is 35.4. The van der Waals surface area contributed by atoms with Gasteiger partial charge in [0.2, 0.25) is 0 Å². The molecular weight excluding hydrogens is 622 g/mol. The van der Waals surface area contributed by atoms with E-state index < -0.39 is 35.5 Å². The van der Waals surface area contributed by atoms with Crippen LogP contribution >= 0.6 is 0 Å². The maximum Gasteiger partial charge on any atom is 0.343 e. The quantitative estimate of drug-likeness (QED) is 0.110. The summed E-state index contributed by atoms with van der Waals surface area (Å²) in [7, 11) is 0. The molecule has 0 bridgehead atoms. The lowest BCUT2D eigenvalue weighted by atomic mass is 9.97. The highest BCUT2D eigenvalue weighted by Crippen LogP contribution is 2.24. The molecule has 2 atom stereocenters. The molecule has 0 aromatic heterocycles. The molecule has 0 amide bonds. The Bertz CT molecular complexity index is 1440. The van der Waals surface area contributed by atoms with Gasteiger partial charge in [-0.05, 0) is 87.1 Å². The Hall–Kier alpha value is -4.60. The molecule has 0 aliphatic rings. The summed E-state index contributed by atoms with van der Waals surface area (Å²) in [5, 5.41) is 0. The molecule has 258 valence electrons. The highest BCUT2D eigenvalue weighted by Gasteiger charge is 2.22. The van der Waals surface area contributed by atoms with Crippen LogP contribution in [0, 0.1) is 23.5 Å². The van der Waals surface area contributed by atoms with Crippen LogP contribution in [-0.4, -0.2) is 36.1 Å². The van der Waals surface area contributed by atoms with Crippen molar-refractivity contribution >= 4 is 23.9 Å². The first-order valence-corrected chi connectivity index (χ1v) is 16.4. The van der Waals surface area contributed by atoms with Crippen molar-refractivity contribution in [1.29, 1.82) is 0 Å². The van der Waals surface area contributed by atoms with Crippen LogP contribution in [0.5, 0.6) is 11.5 Å². The molecule has 0 unspecified atom stereocenters. The number of benzene rings is 3. The summed E-state index contributed by atoms with van der Waals surface area (Å²) >= 11 is 0. The number of rotatable bonds is 16. The summed E-state index contributed by atoms with van der Waals surface area (Å²) in [6.07, 6.45) is 4.40. The fourth-order valence-corrected chi connectivity index (χ4v) is 5.30. The third-order valence-electron chi connectivity index (χ3n) is 8.35. The van der Waals surface area contributed by atoms with Crippen LogP contribution in [0.4, 0.5) is 8.78 Å². The van der Waals surface area contributed by atoms with Crippen molar-refractivity contribution in [2.45, 2.75) is 92.3 Å². The second kappa shape index (κ2) is 18.1. The second-order valence-electron chi connectivity index (χ2n) is 11.9. The van der Waals surface area contributed by atoms with Crippen LogP contribution in [0.2, 0.25) is 0 Å². The molecule has 0 heterocycles. The van der Waals surface area contributed by atoms with Crippen molar-refractivity contribution in [3.8, 4) is 11.5 Å². The van der Waals surface area contributed by atoms with Gasteiger partial charge in [-0.3, -0.25) is 0 Å². The van der Waals surface area contributed by atoms with Gasteiger partial charge >= 0.3 is 23.9 Å². The van der Waals surface area contributed by atoms with Crippen molar-refractivity contribution in [3.05, 3.63) is 94.6 Å². The normalized spacial score (nSPS) is 12.4. The Morgan fingerprint density at radius 3 is 1.17 bits per heavy atom. The van der Waals surface area contributed by atoms with Crippen LogP contribution in [-0.2, 0) is 9.47 Å². The van der Waals surface area contributed by atoms with E-state index in [9.17, 15) is 28.0 Å². The Morgan fingerprint density at radius 1 is 0.542 bits per heavy atom. The van der Waals surface area contributed by atoms with Gasteiger partial charge in [-0.2, -0.15) is 0 Å². The van der Waals surface area contributed by atoms with Crippen LogP contribution in [0.3, 0.4) is 0 Å². The molecule has 0 spiro atoms. The van der Waals surface area contributed by atoms with Gasteiger partial charge in [-0.1, -0.05) is 53.4 Å². The summed E-state index contributed by atoms with van der Waals surface area (Å²) in [5.41, 5.74) is -0.438. The van der Waals surface area contributed by atoms with Gasteiger partial charge in [-0.25, -0.2) is 28.0 Å². The Balaban J connectivity index is 1.57. The van der Waals surface area contributed by atoms with Crippen molar-refractivity contribution < 1.29 is 46.9 Å². The van der Waals surface area contributed by atoms with Gasteiger partial charge in [0.1, 0.15) is 23.1 Å². The molecule has 0 N–H and O–H groups in total. The summed E-state index contributed by atoms with van der Waals surface area (Å²) in [6.45, 7) is 11.8. The van der Waals surface area contributed by atoms with E-state index in [-0.39, 0.29) is 46.0 Å². The highest BCUT2D eigenvalue weighted by molar-refractivity contribution is 5.95. The minimum Gasteiger partial charge on any atom is -0.459 e. The van der Waals surface area contributed by atoms with Crippen molar-refractivity contribution in [1.82, 2.24) is 0 Å². The second-order valence-corrected chi connectivity index (χ2v) is 11.9. The lowest BCUT2D eigenvalue weighted by Gasteiger charge is -2.19. The minimum absolute atomic E-state index is 0.0537. The van der Waals surface area contributed by atoms with E-state index in [1.165, 1.54) is 48.5 Å². The van der Waals surface area contributed by atoms with E-state index in [2.05, 4.69) is 27.7 Å². The molecule has 0 saturated heterocycles. The zero-order valence-corrected chi connectivity index (χ0v) is 28.3. The van der Waals surface area contributed by atoms with Gasteiger partial charge in [0.15, 0.2) is 0 Å². The van der Waals surface area contributed by atoms with E-state index in [1.54, 1.807) is 13.8 Å². The molecule has 0 aliphatic carbocycles. The number of ether oxygens (including phenoxy) is 4. The number of hydrogen-bond donors (Lipinski definition) is 0. The summed E-state index contributed by atoms with van der Waals surface area (Å²) in [4.78, 5) is 50.3. The molecule has 10 heteroatoms. The predicted molar refractivity (Wildman–Crippen MR) is 176 cm³/mol. The summed E-state index contributed by atoms with van der Waals surface area (Å²) in [5.74, 6) is -4.51. The largest absolute Gasteiger partial charge is 0.459 e. The molecule has 3 rings (SSSR count). The number of carbonyl (C=O) groups excluding carboxylic acids is 4. The van der Waals surface area contributed by atoms with E-state index in [0.717, 1.165) is 37.8 Å². The van der Waals surface area contributed by atoms with Gasteiger partial charge in [0, 0.05) is 12.1 Å². The van der Waals surface area contributed by atoms with Crippen LogP contribution < -0.4 is 9.47 Å². The molecular formula is C38H44F2O8. The van der Waals surface area contributed by atoms with E-state index >= 15 is 0 Å². The first-order valence-electron chi connectivity index (χ1n) is 16.4. The van der Waals surface area contributed by atoms with Gasteiger partial charge < -0.3 is 18.9 Å². The molecule has 0 fully saturated rings. The van der Waals surface area contributed by atoms with Gasteiger partial charge in [-0.15, -0.1) is 0 Å². The fraction of sp³-hybridized carbons (Fsp3) is 0.421. The standard InChI is InChI=1S/C38H44F2O8/c1-7-25(8-2)19-23(5)45-37(43)31-17-15-29(21-33(31)39)47-35(41)27-11-13-28(14-12-27)36(42)48-30-16-18-32(34(40)22-30)38(44)46-24(6)20-26(9-3)10-4/h11-18,21-26H,7-10,19-20H2,1-6H3/t23-,24-/m1/s1. The number of esters is 4. The topological polar surface area (TPSA) is 105 Å². The highest BCUT2D eigenvalue weighted by atomic mass is 19.1. The lowest BCUT2D eigenvalue weighted by molar-refractivity contribution is 0.0269. The van der Waals surface area contributed by atoms with Crippen LogP contribution in [0.15, 0.2) is 60.7 Å². The number of halogens is 2. The number of hydrogen-bond acceptors (Lipinski definition) is 8. The van der Waals surface area contributed by atoms with E-state index in [1.807, 2.05) is 0 Å². The van der Waals surface area contributed by atoms with Crippen molar-refractivity contribution in [3.63, 3.8) is 0 Å². The number of carbonyl (C=O) groups is 4. The molecule has 0 radical (unpaired) electrons. The lowest BCUT2D eigenvalue weighted by Crippen LogP contribution is -2.19. The smallest absolute Gasteiger partial charge is 0.343 e. The van der Waals surface area contributed by atoms with Gasteiger partial charge in [0.25, 0.3) is 0 Å². The van der Waals surface area contributed by atoms with Gasteiger partial charge in [0.05, 0.1) is 34.5 Å². The molecule has 48 heavy (non-hydrogen) atoms. The van der Waals surface area contributed by atoms with Crippen molar-refractivity contribution in [2.24, 2.45) is 11.8 Å². The average molecular weight is 667 g/mol. The summed E-state index contributed by atoms with van der Waals surface area (Å²) in [6, 6.07) is 12.0. The van der Waals surface area contributed by atoms with Crippen molar-refractivity contribution in [2.75, 3.05) is 0 Å². The third-order valence-corrected chi connectivity index (χ3v) is 8.35. The molecule has 0 aliphatic heterocycles. The monoisotopic (exact) mass is 666 g/mol. The molecule has 8 nitrogen and oxygen atoms in total. The minimum atomic E-state index is -0.897. The maximum absolute atomic E-state index is 14.7. The first kappa shape index (κ1) is 37.9. The third kappa shape index (κ3) is 10.7. The Morgan fingerprint density at radius 2 is 0.875 bits per heavy atom. The average Bonchev–Trinajstić information content (AvgIpc) is 3.06. The van der Waals surface area contributed by atoms with E-state index in [0.29, 0.717) is 24.7 Å². The Kier molecular flexibility index (Phi) is 14.3. The maximum atomic E-state index is 14.7. The van der Waals surface area contributed by atoms with E-state index in [4.69, 9.17) is 18.9 Å². The first-order chi connectivity index (χ1) is 22.9. The van der Waals surface area contributed by atoms with Crippen LogP contribution in [0.25, 0.3) is 0 Å². The fourth-order valence-electron chi connectivity index (χ4n) is 5.30. The SMILES string of the molecule is CCC(CC)C[C@@H](C)OC(=O)c1ccc(OC(=O)c2ccc(C(=O)Oc3ccc(C(=O)O[C@H](C)CC(CC)CC)c(F)c3)cc2)cc1F. The Labute approximate surface area is 280 Å².